The number of amides is 2. The molecule has 2 N–H and O–H groups in total. The van der Waals surface area contributed by atoms with Crippen LogP contribution in [0.1, 0.15) is 18.5 Å². The van der Waals surface area contributed by atoms with Gasteiger partial charge in [-0.25, -0.2) is 0 Å². The highest BCUT2D eigenvalue weighted by molar-refractivity contribution is 6.40. The third kappa shape index (κ3) is 5.03. The van der Waals surface area contributed by atoms with E-state index < -0.39 is 17.9 Å². The third-order valence-corrected chi connectivity index (χ3v) is 4.02. The van der Waals surface area contributed by atoms with Crippen molar-refractivity contribution in [3.8, 4) is 11.5 Å². The highest BCUT2D eigenvalue weighted by Crippen LogP contribution is 2.30. The molecule has 6 nitrogen and oxygen atoms in total. The molecule has 0 heterocycles. The van der Waals surface area contributed by atoms with E-state index in [4.69, 9.17) is 32.7 Å². The van der Waals surface area contributed by atoms with E-state index >= 15 is 0 Å². The zero-order valence-corrected chi connectivity index (χ0v) is 15.9. The Balaban J connectivity index is 2.05. The summed E-state index contributed by atoms with van der Waals surface area (Å²) in [6.45, 7) is 1.75. The van der Waals surface area contributed by atoms with E-state index in [-0.39, 0.29) is 0 Å². The topological polar surface area (TPSA) is 76.7 Å². The van der Waals surface area contributed by atoms with Crippen LogP contribution in [-0.4, -0.2) is 26.0 Å². The van der Waals surface area contributed by atoms with Gasteiger partial charge in [0, 0.05) is 15.7 Å². The molecular weight excluding hydrogens is 379 g/mol. The molecular formula is C18H18Cl2N2O4. The van der Waals surface area contributed by atoms with Gasteiger partial charge in [-0.15, -0.1) is 0 Å². The zero-order valence-electron chi connectivity index (χ0n) is 14.4. The maximum Gasteiger partial charge on any atom is 0.313 e. The first-order chi connectivity index (χ1) is 12.3. The first kappa shape index (κ1) is 19.9. The first-order valence-corrected chi connectivity index (χ1v) is 8.39. The maximum absolute atomic E-state index is 12.1. The SMILES string of the molecule is COc1ccc(C(C)NC(=O)C(=O)Nc2cc(Cl)cc(Cl)c2)cc1OC. The number of carbonyl (C=O) groups excluding carboxylic acids is 2. The fraction of sp³-hybridized carbons (Fsp3) is 0.222. The Morgan fingerprint density at radius 1 is 0.923 bits per heavy atom. The summed E-state index contributed by atoms with van der Waals surface area (Å²) < 4.78 is 10.4. The summed E-state index contributed by atoms with van der Waals surface area (Å²) in [6.07, 6.45) is 0. The van der Waals surface area contributed by atoms with Crippen LogP contribution in [0.2, 0.25) is 10.0 Å². The number of hydrogen-bond acceptors (Lipinski definition) is 4. The third-order valence-electron chi connectivity index (χ3n) is 3.58. The molecule has 0 radical (unpaired) electrons. The van der Waals surface area contributed by atoms with Gasteiger partial charge in [-0.2, -0.15) is 0 Å². The standard InChI is InChI=1S/C18H18Cl2N2O4/c1-10(11-4-5-15(25-2)16(6-11)26-3)21-17(23)18(24)22-14-8-12(19)7-13(20)9-14/h4-10H,1-3H3,(H,21,23)(H,22,24). The first-order valence-electron chi connectivity index (χ1n) is 7.64. The van der Waals surface area contributed by atoms with Gasteiger partial charge >= 0.3 is 11.8 Å². The molecule has 0 spiro atoms. The second-order valence-electron chi connectivity index (χ2n) is 5.42. The Morgan fingerprint density at radius 2 is 1.54 bits per heavy atom. The van der Waals surface area contributed by atoms with Gasteiger partial charge in [0.25, 0.3) is 0 Å². The van der Waals surface area contributed by atoms with Crippen molar-refractivity contribution in [1.29, 1.82) is 0 Å². The van der Waals surface area contributed by atoms with Crippen LogP contribution < -0.4 is 20.1 Å². The second-order valence-corrected chi connectivity index (χ2v) is 6.29. The van der Waals surface area contributed by atoms with Crippen molar-refractivity contribution >= 4 is 40.7 Å². The number of rotatable bonds is 5. The van der Waals surface area contributed by atoms with Gasteiger partial charge < -0.3 is 20.1 Å². The summed E-state index contributed by atoms with van der Waals surface area (Å²) in [7, 11) is 3.06. The van der Waals surface area contributed by atoms with E-state index in [1.807, 2.05) is 0 Å². The molecule has 0 aromatic heterocycles. The second kappa shape index (κ2) is 8.78. The van der Waals surface area contributed by atoms with Gasteiger partial charge in [0.05, 0.1) is 20.3 Å². The van der Waals surface area contributed by atoms with E-state index in [1.54, 1.807) is 25.1 Å². The average molecular weight is 397 g/mol. The van der Waals surface area contributed by atoms with Crippen LogP contribution >= 0.6 is 23.2 Å². The smallest absolute Gasteiger partial charge is 0.313 e. The minimum Gasteiger partial charge on any atom is -0.493 e. The van der Waals surface area contributed by atoms with Gasteiger partial charge in [0.2, 0.25) is 0 Å². The van der Waals surface area contributed by atoms with E-state index in [2.05, 4.69) is 10.6 Å². The number of methoxy groups -OCH3 is 2. The Labute approximate surface area is 161 Å². The molecule has 0 fully saturated rings. The van der Waals surface area contributed by atoms with Crippen molar-refractivity contribution < 1.29 is 19.1 Å². The molecule has 2 amide bonds. The molecule has 2 aromatic rings. The van der Waals surface area contributed by atoms with Gasteiger partial charge in [0.1, 0.15) is 0 Å². The molecule has 138 valence electrons. The monoisotopic (exact) mass is 396 g/mol. The normalized spacial score (nSPS) is 11.4. The lowest BCUT2D eigenvalue weighted by Crippen LogP contribution is -2.36. The van der Waals surface area contributed by atoms with Crippen molar-refractivity contribution in [3.63, 3.8) is 0 Å². The number of hydrogen-bond donors (Lipinski definition) is 2. The lowest BCUT2D eigenvalue weighted by molar-refractivity contribution is -0.136. The zero-order chi connectivity index (χ0) is 19.3. The van der Waals surface area contributed by atoms with Crippen LogP contribution in [0, 0.1) is 0 Å². The molecule has 2 aromatic carbocycles. The largest absolute Gasteiger partial charge is 0.493 e. The van der Waals surface area contributed by atoms with Gasteiger partial charge in [-0.3, -0.25) is 9.59 Å². The van der Waals surface area contributed by atoms with E-state index in [0.29, 0.717) is 27.2 Å². The molecule has 26 heavy (non-hydrogen) atoms. The summed E-state index contributed by atoms with van der Waals surface area (Å²) in [6, 6.07) is 9.34. The van der Waals surface area contributed by atoms with Crippen LogP contribution in [0.3, 0.4) is 0 Å². The number of benzene rings is 2. The predicted octanol–water partition coefficient (Wildman–Crippen LogP) is 3.83. The van der Waals surface area contributed by atoms with Crippen LogP contribution in [0.15, 0.2) is 36.4 Å². The van der Waals surface area contributed by atoms with Crippen molar-refractivity contribution in [2.75, 3.05) is 19.5 Å². The van der Waals surface area contributed by atoms with E-state index in [9.17, 15) is 9.59 Å². The molecule has 8 heteroatoms. The fourth-order valence-electron chi connectivity index (χ4n) is 2.28. The van der Waals surface area contributed by atoms with Gasteiger partial charge in [-0.1, -0.05) is 29.3 Å². The minimum absolute atomic E-state index is 0.335. The van der Waals surface area contributed by atoms with Crippen LogP contribution in [0.25, 0.3) is 0 Å². The lowest BCUT2D eigenvalue weighted by atomic mass is 10.1. The molecule has 0 aliphatic carbocycles. The molecule has 1 atom stereocenters. The molecule has 0 saturated heterocycles. The number of nitrogens with one attached hydrogen (secondary N) is 2. The maximum atomic E-state index is 12.1. The summed E-state index contributed by atoms with van der Waals surface area (Å²) in [5, 5.41) is 5.78. The summed E-state index contributed by atoms with van der Waals surface area (Å²) in [5.41, 5.74) is 1.09. The highest BCUT2D eigenvalue weighted by Gasteiger charge is 2.18. The fourth-order valence-corrected chi connectivity index (χ4v) is 2.81. The Kier molecular flexibility index (Phi) is 6.71. The number of anilines is 1. The van der Waals surface area contributed by atoms with E-state index in [0.717, 1.165) is 5.56 Å². The van der Waals surface area contributed by atoms with E-state index in [1.165, 1.54) is 32.4 Å². The highest BCUT2D eigenvalue weighted by atomic mass is 35.5. The molecule has 0 aliphatic rings. The summed E-state index contributed by atoms with van der Waals surface area (Å²) in [4.78, 5) is 24.2. The van der Waals surface area contributed by atoms with Gasteiger partial charge in [0.15, 0.2) is 11.5 Å². The van der Waals surface area contributed by atoms with Crippen molar-refractivity contribution in [2.45, 2.75) is 13.0 Å². The Bertz CT molecular complexity index is 807. The average Bonchev–Trinajstić information content (AvgIpc) is 2.59. The molecule has 1 unspecified atom stereocenters. The molecule has 0 bridgehead atoms. The van der Waals surface area contributed by atoms with Crippen LogP contribution in [0.4, 0.5) is 5.69 Å². The summed E-state index contributed by atoms with van der Waals surface area (Å²) >= 11 is 11.7. The van der Waals surface area contributed by atoms with Crippen LogP contribution in [0.5, 0.6) is 11.5 Å². The predicted molar refractivity (Wildman–Crippen MR) is 101 cm³/mol. The number of halogens is 2. The number of ether oxygens (including phenoxy) is 2. The Morgan fingerprint density at radius 3 is 2.12 bits per heavy atom. The van der Waals surface area contributed by atoms with Crippen molar-refractivity contribution in [2.24, 2.45) is 0 Å². The lowest BCUT2D eigenvalue weighted by Gasteiger charge is -2.16. The van der Waals surface area contributed by atoms with Crippen molar-refractivity contribution in [1.82, 2.24) is 5.32 Å². The van der Waals surface area contributed by atoms with Crippen molar-refractivity contribution in [3.05, 3.63) is 52.0 Å². The van der Waals surface area contributed by atoms with Crippen LogP contribution in [-0.2, 0) is 9.59 Å². The van der Waals surface area contributed by atoms with Gasteiger partial charge in [-0.05, 0) is 42.8 Å². The quantitative estimate of drug-likeness (QED) is 0.752. The Hall–Kier alpha value is -2.44. The molecule has 0 saturated carbocycles. The number of carbonyl (C=O) groups is 2. The minimum atomic E-state index is -0.823. The molecule has 0 aliphatic heterocycles. The molecule has 2 rings (SSSR count). The summed E-state index contributed by atoms with van der Waals surface area (Å²) in [5.74, 6) is -0.506.